The largest absolute Gasteiger partial charge is 0.496 e. The highest BCUT2D eigenvalue weighted by Crippen LogP contribution is 2.27. The van der Waals surface area contributed by atoms with Crippen LogP contribution in [-0.4, -0.2) is 41.1 Å². The molecular weight excluding hydrogens is 276 g/mol. The number of hydrogen-bond acceptors (Lipinski definition) is 5. The van der Waals surface area contributed by atoms with E-state index in [2.05, 4.69) is 4.90 Å². The number of likely N-dealkylation sites (tertiary alicyclic amines) is 1. The maximum Gasteiger partial charge on any atom is 0.306 e. The molecule has 0 amide bonds. The number of hydrogen-bond donors (Lipinski definition) is 1. The lowest BCUT2D eigenvalue weighted by Crippen LogP contribution is -2.35. The average Bonchev–Trinajstić information content (AvgIpc) is 2.47. The van der Waals surface area contributed by atoms with E-state index in [0.717, 1.165) is 5.56 Å². The number of carboxylic acid groups (broad SMARTS) is 1. The summed E-state index contributed by atoms with van der Waals surface area (Å²) in [5.41, 5.74) is 0.784. The average molecular weight is 294 g/mol. The normalized spacial score (nSPS) is 16.6. The van der Waals surface area contributed by atoms with E-state index in [-0.39, 0.29) is 11.6 Å². The molecule has 1 aromatic rings. The summed E-state index contributed by atoms with van der Waals surface area (Å²) in [6.07, 6.45) is 1.21. The maximum atomic E-state index is 10.9. The van der Waals surface area contributed by atoms with Crippen molar-refractivity contribution in [3.8, 4) is 5.75 Å². The minimum Gasteiger partial charge on any atom is -0.496 e. The molecule has 1 fully saturated rings. The maximum absolute atomic E-state index is 10.9. The number of nitro benzene ring substituents is 1. The Balaban J connectivity index is 2.07. The van der Waals surface area contributed by atoms with Gasteiger partial charge in [-0.25, -0.2) is 0 Å². The van der Waals surface area contributed by atoms with Crippen LogP contribution >= 0.6 is 0 Å². The van der Waals surface area contributed by atoms with E-state index < -0.39 is 10.9 Å². The van der Waals surface area contributed by atoms with Crippen molar-refractivity contribution in [2.75, 3.05) is 20.2 Å². The van der Waals surface area contributed by atoms with Crippen LogP contribution in [0.15, 0.2) is 18.2 Å². The van der Waals surface area contributed by atoms with Crippen molar-refractivity contribution in [2.24, 2.45) is 5.92 Å². The third-order valence-electron chi connectivity index (χ3n) is 3.81. The third-order valence-corrected chi connectivity index (χ3v) is 3.81. The van der Waals surface area contributed by atoms with Gasteiger partial charge in [-0.2, -0.15) is 0 Å². The highest BCUT2D eigenvalue weighted by Gasteiger charge is 2.25. The zero-order chi connectivity index (χ0) is 15.4. The summed E-state index contributed by atoms with van der Waals surface area (Å²) in [6.45, 7) is 1.86. The molecule has 1 N–H and O–H groups in total. The number of carboxylic acids is 1. The number of piperidine rings is 1. The molecule has 1 aromatic carbocycles. The van der Waals surface area contributed by atoms with E-state index >= 15 is 0 Å². The van der Waals surface area contributed by atoms with Gasteiger partial charge in [-0.3, -0.25) is 19.8 Å². The molecule has 21 heavy (non-hydrogen) atoms. The van der Waals surface area contributed by atoms with Crippen molar-refractivity contribution in [1.82, 2.24) is 4.90 Å². The van der Waals surface area contributed by atoms with Crippen LogP contribution in [0.1, 0.15) is 18.4 Å². The fourth-order valence-corrected chi connectivity index (χ4v) is 2.58. The van der Waals surface area contributed by atoms with Crippen LogP contribution in [0.5, 0.6) is 5.75 Å². The Kier molecular flexibility index (Phi) is 4.74. The van der Waals surface area contributed by atoms with Crippen molar-refractivity contribution in [3.63, 3.8) is 0 Å². The van der Waals surface area contributed by atoms with Crippen LogP contribution in [0, 0.1) is 16.0 Å². The lowest BCUT2D eigenvalue weighted by Gasteiger charge is -2.30. The Morgan fingerprint density at radius 3 is 2.67 bits per heavy atom. The van der Waals surface area contributed by atoms with E-state index in [9.17, 15) is 14.9 Å². The lowest BCUT2D eigenvalue weighted by atomic mass is 9.96. The van der Waals surface area contributed by atoms with Crippen molar-refractivity contribution >= 4 is 11.7 Å². The predicted octanol–water partition coefficient (Wildman–Crippen LogP) is 1.90. The van der Waals surface area contributed by atoms with Gasteiger partial charge in [-0.05, 0) is 32.0 Å². The molecule has 2 rings (SSSR count). The van der Waals surface area contributed by atoms with Gasteiger partial charge in [0.2, 0.25) is 0 Å². The topological polar surface area (TPSA) is 92.9 Å². The van der Waals surface area contributed by atoms with Crippen LogP contribution in [0.3, 0.4) is 0 Å². The molecule has 7 heteroatoms. The fourth-order valence-electron chi connectivity index (χ4n) is 2.58. The lowest BCUT2D eigenvalue weighted by molar-refractivity contribution is -0.385. The van der Waals surface area contributed by atoms with Gasteiger partial charge in [-0.1, -0.05) is 0 Å². The number of non-ortho nitro benzene ring substituents is 1. The number of methoxy groups -OCH3 is 1. The molecule has 0 radical (unpaired) electrons. The van der Waals surface area contributed by atoms with Crippen LogP contribution in [-0.2, 0) is 11.3 Å². The molecule has 0 atom stereocenters. The van der Waals surface area contributed by atoms with Crippen molar-refractivity contribution in [1.29, 1.82) is 0 Å². The zero-order valence-corrected chi connectivity index (χ0v) is 11.8. The molecule has 7 nitrogen and oxygen atoms in total. The minimum atomic E-state index is -0.748. The summed E-state index contributed by atoms with van der Waals surface area (Å²) in [5.74, 6) is -0.420. The first kappa shape index (κ1) is 15.2. The zero-order valence-electron chi connectivity index (χ0n) is 11.8. The van der Waals surface area contributed by atoms with Gasteiger partial charge < -0.3 is 9.84 Å². The SMILES string of the molecule is COc1ccc([N+](=O)[O-])cc1CN1CCC(C(=O)O)CC1. The first-order chi connectivity index (χ1) is 10.0. The molecule has 1 aliphatic heterocycles. The number of ether oxygens (including phenoxy) is 1. The van der Waals surface area contributed by atoms with Crippen molar-refractivity contribution < 1.29 is 19.6 Å². The molecular formula is C14H18N2O5. The molecule has 0 spiro atoms. The molecule has 1 aliphatic rings. The fraction of sp³-hybridized carbons (Fsp3) is 0.500. The Morgan fingerprint density at radius 1 is 1.48 bits per heavy atom. The summed E-state index contributed by atoms with van der Waals surface area (Å²) in [4.78, 5) is 23.4. The summed E-state index contributed by atoms with van der Waals surface area (Å²) in [6, 6.07) is 4.53. The monoisotopic (exact) mass is 294 g/mol. The van der Waals surface area contributed by atoms with Gasteiger partial charge in [0.15, 0.2) is 0 Å². The Bertz CT molecular complexity index is 538. The summed E-state index contributed by atoms with van der Waals surface area (Å²) in [5, 5.41) is 19.8. The molecule has 0 bridgehead atoms. The van der Waals surface area contributed by atoms with Gasteiger partial charge in [0.1, 0.15) is 5.75 Å². The number of nitrogens with zero attached hydrogens (tertiary/aromatic N) is 2. The Hall–Kier alpha value is -2.15. The molecule has 1 saturated heterocycles. The summed E-state index contributed by atoms with van der Waals surface area (Å²) >= 11 is 0. The number of rotatable bonds is 5. The second-order valence-corrected chi connectivity index (χ2v) is 5.14. The first-order valence-corrected chi connectivity index (χ1v) is 6.77. The quantitative estimate of drug-likeness (QED) is 0.658. The van der Waals surface area contributed by atoms with Crippen LogP contribution in [0.4, 0.5) is 5.69 Å². The highest BCUT2D eigenvalue weighted by molar-refractivity contribution is 5.70. The Labute approximate surface area is 122 Å². The Morgan fingerprint density at radius 2 is 2.14 bits per heavy atom. The van der Waals surface area contributed by atoms with E-state index in [0.29, 0.717) is 38.2 Å². The van der Waals surface area contributed by atoms with E-state index in [1.54, 1.807) is 6.07 Å². The predicted molar refractivity (Wildman–Crippen MR) is 75.3 cm³/mol. The van der Waals surface area contributed by atoms with Gasteiger partial charge in [0.05, 0.1) is 18.0 Å². The number of carbonyl (C=O) groups is 1. The molecule has 114 valence electrons. The number of benzene rings is 1. The van der Waals surface area contributed by atoms with E-state index in [1.165, 1.54) is 19.2 Å². The van der Waals surface area contributed by atoms with Crippen LogP contribution in [0.2, 0.25) is 0 Å². The van der Waals surface area contributed by atoms with E-state index in [1.807, 2.05) is 0 Å². The van der Waals surface area contributed by atoms with Crippen LogP contribution in [0.25, 0.3) is 0 Å². The smallest absolute Gasteiger partial charge is 0.306 e. The van der Waals surface area contributed by atoms with Gasteiger partial charge in [0, 0.05) is 24.2 Å². The standard InChI is InChI=1S/C14H18N2O5/c1-21-13-3-2-12(16(19)20)8-11(13)9-15-6-4-10(5-7-15)14(17)18/h2-3,8,10H,4-7,9H2,1H3,(H,17,18). The second-order valence-electron chi connectivity index (χ2n) is 5.14. The second kappa shape index (κ2) is 6.53. The van der Waals surface area contributed by atoms with Gasteiger partial charge in [-0.15, -0.1) is 0 Å². The molecule has 0 aliphatic carbocycles. The molecule has 0 unspecified atom stereocenters. The highest BCUT2D eigenvalue weighted by atomic mass is 16.6. The third kappa shape index (κ3) is 3.69. The molecule has 0 saturated carbocycles. The first-order valence-electron chi connectivity index (χ1n) is 6.77. The van der Waals surface area contributed by atoms with Gasteiger partial charge >= 0.3 is 5.97 Å². The summed E-state index contributed by atoms with van der Waals surface area (Å²) < 4.78 is 5.24. The molecule has 0 aromatic heterocycles. The van der Waals surface area contributed by atoms with Crippen LogP contribution < -0.4 is 4.74 Å². The minimum absolute atomic E-state index is 0.0335. The summed E-state index contributed by atoms with van der Waals surface area (Å²) in [7, 11) is 1.53. The van der Waals surface area contributed by atoms with E-state index in [4.69, 9.17) is 9.84 Å². The van der Waals surface area contributed by atoms with Gasteiger partial charge in [0.25, 0.3) is 5.69 Å². The van der Waals surface area contributed by atoms with Crippen molar-refractivity contribution in [3.05, 3.63) is 33.9 Å². The number of aliphatic carboxylic acids is 1. The molecule has 1 heterocycles. The number of nitro groups is 1. The van der Waals surface area contributed by atoms with Crippen molar-refractivity contribution in [2.45, 2.75) is 19.4 Å².